The number of piperazine rings is 1. The molecule has 1 aliphatic rings. The van der Waals surface area contributed by atoms with Crippen LogP contribution in [0.5, 0.6) is 0 Å². The van der Waals surface area contributed by atoms with Gasteiger partial charge in [-0.2, -0.15) is 0 Å². The molecule has 3 rings (SSSR count). The number of rotatable bonds is 4. The first-order valence-corrected chi connectivity index (χ1v) is 9.08. The van der Waals surface area contributed by atoms with E-state index in [9.17, 15) is 4.79 Å². The fourth-order valence-corrected chi connectivity index (χ4v) is 2.99. The van der Waals surface area contributed by atoms with E-state index < -0.39 is 0 Å². The van der Waals surface area contributed by atoms with Crippen LogP contribution in [0.1, 0.15) is 26.3 Å². The Balaban J connectivity index is 1.47. The third-order valence-corrected chi connectivity index (χ3v) is 4.66. The zero-order chi connectivity index (χ0) is 18.6. The highest BCUT2D eigenvalue weighted by Gasteiger charge is 2.22. The average molecular weight is 353 g/mol. The van der Waals surface area contributed by atoms with Crippen molar-refractivity contribution in [3.63, 3.8) is 0 Å². The number of aromatic nitrogens is 2. The standard InChI is InChI=1S/C20H27N5O/c1-20(2,3)16-5-7-17(8-6-16)23-15-18(26)24-11-13-25(14-12-24)19-21-9-4-10-22-19/h4-10,23H,11-15H2,1-3H3. The molecule has 0 bridgehead atoms. The van der Waals surface area contributed by atoms with E-state index in [0.717, 1.165) is 24.7 Å². The second-order valence-corrected chi connectivity index (χ2v) is 7.60. The number of carbonyl (C=O) groups is 1. The summed E-state index contributed by atoms with van der Waals surface area (Å²) in [4.78, 5) is 25.0. The number of nitrogens with zero attached hydrogens (tertiary/aromatic N) is 4. The van der Waals surface area contributed by atoms with Gasteiger partial charge in [-0.05, 0) is 29.2 Å². The third kappa shape index (κ3) is 4.50. The largest absolute Gasteiger partial charge is 0.376 e. The first kappa shape index (κ1) is 18.2. The maximum Gasteiger partial charge on any atom is 0.241 e. The van der Waals surface area contributed by atoms with E-state index in [0.29, 0.717) is 19.6 Å². The molecular weight excluding hydrogens is 326 g/mol. The lowest BCUT2D eigenvalue weighted by molar-refractivity contribution is -0.129. The van der Waals surface area contributed by atoms with E-state index in [1.165, 1.54) is 5.56 Å². The van der Waals surface area contributed by atoms with E-state index in [1.807, 2.05) is 23.1 Å². The molecule has 0 unspecified atom stereocenters. The van der Waals surface area contributed by atoms with Gasteiger partial charge in [-0.15, -0.1) is 0 Å². The predicted molar refractivity (Wildman–Crippen MR) is 104 cm³/mol. The lowest BCUT2D eigenvalue weighted by Crippen LogP contribution is -2.50. The van der Waals surface area contributed by atoms with Crippen LogP contribution in [0.25, 0.3) is 0 Å². The Hall–Kier alpha value is -2.63. The number of anilines is 2. The highest BCUT2D eigenvalue weighted by atomic mass is 16.2. The van der Waals surface area contributed by atoms with Crippen molar-refractivity contribution in [2.45, 2.75) is 26.2 Å². The van der Waals surface area contributed by atoms with Gasteiger partial charge in [0.15, 0.2) is 0 Å². The van der Waals surface area contributed by atoms with E-state index in [2.05, 4.69) is 53.1 Å². The molecule has 1 aromatic heterocycles. The molecule has 1 saturated heterocycles. The minimum absolute atomic E-state index is 0.124. The van der Waals surface area contributed by atoms with Crippen LogP contribution in [0.2, 0.25) is 0 Å². The Morgan fingerprint density at radius 1 is 1.04 bits per heavy atom. The summed E-state index contributed by atoms with van der Waals surface area (Å²) in [7, 11) is 0. The Bertz CT molecular complexity index is 716. The summed E-state index contributed by atoms with van der Waals surface area (Å²) < 4.78 is 0. The van der Waals surface area contributed by atoms with Crippen molar-refractivity contribution >= 4 is 17.5 Å². The van der Waals surface area contributed by atoms with Gasteiger partial charge in [0.25, 0.3) is 0 Å². The summed E-state index contributed by atoms with van der Waals surface area (Å²) in [5.41, 5.74) is 2.40. The molecule has 0 saturated carbocycles. The monoisotopic (exact) mass is 353 g/mol. The van der Waals surface area contributed by atoms with Crippen LogP contribution in [0.4, 0.5) is 11.6 Å². The van der Waals surface area contributed by atoms with Crippen molar-refractivity contribution in [3.05, 3.63) is 48.3 Å². The van der Waals surface area contributed by atoms with Crippen LogP contribution in [0.15, 0.2) is 42.7 Å². The summed E-state index contributed by atoms with van der Waals surface area (Å²) in [6.45, 7) is 9.81. The summed E-state index contributed by atoms with van der Waals surface area (Å²) in [6, 6.07) is 10.1. The van der Waals surface area contributed by atoms with Gasteiger partial charge in [-0.1, -0.05) is 32.9 Å². The van der Waals surface area contributed by atoms with Crippen LogP contribution in [0.3, 0.4) is 0 Å². The Morgan fingerprint density at radius 2 is 1.65 bits per heavy atom. The normalized spacial score (nSPS) is 15.0. The van der Waals surface area contributed by atoms with Crippen molar-refractivity contribution in [3.8, 4) is 0 Å². The number of carbonyl (C=O) groups excluding carboxylic acids is 1. The number of benzene rings is 1. The van der Waals surface area contributed by atoms with Gasteiger partial charge >= 0.3 is 0 Å². The van der Waals surface area contributed by atoms with Gasteiger partial charge in [0, 0.05) is 44.3 Å². The highest BCUT2D eigenvalue weighted by Crippen LogP contribution is 2.23. The molecule has 1 N–H and O–H groups in total. The lowest BCUT2D eigenvalue weighted by atomic mass is 9.87. The van der Waals surface area contributed by atoms with Crippen LogP contribution in [-0.4, -0.2) is 53.5 Å². The molecule has 2 aromatic rings. The van der Waals surface area contributed by atoms with Gasteiger partial charge in [0.05, 0.1) is 6.54 Å². The fraction of sp³-hybridized carbons (Fsp3) is 0.450. The summed E-state index contributed by atoms with van der Waals surface area (Å²) in [6.07, 6.45) is 3.49. The smallest absolute Gasteiger partial charge is 0.241 e. The molecule has 138 valence electrons. The topological polar surface area (TPSA) is 61.4 Å². The molecule has 1 fully saturated rings. The van der Waals surface area contributed by atoms with Gasteiger partial charge in [-0.25, -0.2) is 9.97 Å². The molecule has 0 atom stereocenters. The minimum Gasteiger partial charge on any atom is -0.376 e. The molecular formula is C20H27N5O. The zero-order valence-electron chi connectivity index (χ0n) is 15.8. The van der Waals surface area contributed by atoms with Crippen LogP contribution >= 0.6 is 0 Å². The number of hydrogen-bond acceptors (Lipinski definition) is 5. The number of nitrogens with one attached hydrogen (secondary N) is 1. The van der Waals surface area contributed by atoms with E-state index in [-0.39, 0.29) is 11.3 Å². The van der Waals surface area contributed by atoms with Crippen LogP contribution < -0.4 is 10.2 Å². The number of amides is 1. The van der Waals surface area contributed by atoms with Crippen molar-refractivity contribution in [2.24, 2.45) is 0 Å². The molecule has 1 aromatic carbocycles. The van der Waals surface area contributed by atoms with Crippen molar-refractivity contribution < 1.29 is 4.79 Å². The highest BCUT2D eigenvalue weighted by molar-refractivity contribution is 5.81. The average Bonchev–Trinajstić information content (AvgIpc) is 2.66. The number of hydrogen-bond donors (Lipinski definition) is 1. The second-order valence-electron chi connectivity index (χ2n) is 7.60. The van der Waals surface area contributed by atoms with Gasteiger partial charge in [-0.3, -0.25) is 4.79 Å². The zero-order valence-corrected chi connectivity index (χ0v) is 15.8. The Kier molecular flexibility index (Phi) is 5.40. The van der Waals surface area contributed by atoms with Gasteiger partial charge in [0.1, 0.15) is 0 Å². The fourth-order valence-electron chi connectivity index (χ4n) is 2.99. The molecule has 6 heteroatoms. The third-order valence-electron chi connectivity index (χ3n) is 4.66. The summed E-state index contributed by atoms with van der Waals surface area (Å²) in [5.74, 6) is 0.857. The van der Waals surface area contributed by atoms with E-state index in [1.54, 1.807) is 12.4 Å². The van der Waals surface area contributed by atoms with Crippen LogP contribution in [0, 0.1) is 0 Å². The van der Waals surface area contributed by atoms with Gasteiger partial charge in [0.2, 0.25) is 11.9 Å². The maximum absolute atomic E-state index is 12.5. The minimum atomic E-state index is 0.124. The molecule has 0 spiro atoms. The van der Waals surface area contributed by atoms with Crippen LogP contribution in [-0.2, 0) is 10.2 Å². The first-order valence-electron chi connectivity index (χ1n) is 9.08. The van der Waals surface area contributed by atoms with Gasteiger partial charge < -0.3 is 15.1 Å². The Morgan fingerprint density at radius 3 is 2.23 bits per heavy atom. The maximum atomic E-state index is 12.5. The molecule has 6 nitrogen and oxygen atoms in total. The SMILES string of the molecule is CC(C)(C)c1ccc(NCC(=O)N2CCN(c3ncccn3)CC2)cc1. The van der Waals surface area contributed by atoms with E-state index >= 15 is 0 Å². The van der Waals surface area contributed by atoms with Crippen molar-refractivity contribution in [2.75, 3.05) is 42.9 Å². The molecule has 1 aliphatic heterocycles. The lowest BCUT2D eigenvalue weighted by Gasteiger charge is -2.34. The van der Waals surface area contributed by atoms with E-state index in [4.69, 9.17) is 0 Å². The Labute approximate surface area is 155 Å². The molecule has 2 heterocycles. The summed E-state index contributed by atoms with van der Waals surface area (Å²) >= 11 is 0. The second kappa shape index (κ2) is 7.72. The molecule has 0 aliphatic carbocycles. The first-order chi connectivity index (χ1) is 12.4. The molecule has 26 heavy (non-hydrogen) atoms. The predicted octanol–water partition coefficient (Wildman–Crippen LogP) is 2.53. The summed E-state index contributed by atoms with van der Waals surface area (Å²) in [5, 5.41) is 3.23. The quantitative estimate of drug-likeness (QED) is 0.915. The van der Waals surface area contributed by atoms with Crippen molar-refractivity contribution in [1.82, 2.24) is 14.9 Å². The molecule has 1 amide bonds. The molecule has 0 radical (unpaired) electrons. The van der Waals surface area contributed by atoms with Crippen molar-refractivity contribution in [1.29, 1.82) is 0 Å².